The van der Waals surface area contributed by atoms with Gasteiger partial charge in [-0.15, -0.1) is 10.2 Å². The number of rotatable bonds is 5. The molecule has 1 amide bonds. The number of thioether (sulfide) groups is 1. The summed E-state index contributed by atoms with van der Waals surface area (Å²) in [4.78, 5) is 14.7. The van der Waals surface area contributed by atoms with Crippen molar-refractivity contribution >= 4 is 39.8 Å². The first kappa shape index (κ1) is 19.2. The second-order valence-corrected chi connectivity index (χ2v) is 9.36. The van der Waals surface area contributed by atoms with Crippen LogP contribution in [-0.4, -0.2) is 39.3 Å². The largest absolute Gasteiger partial charge is 0.342 e. The van der Waals surface area contributed by atoms with Crippen molar-refractivity contribution in [2.75, 3.05) is 18.4 Å². The topological polar surface area (TPSA) is 58.1 Å². The number of benzene rings is 1. The lowest BCUT2D eigenvalue weighted by atomic mass is 10.1. The summed E-state index contributed by atoms with van der Waals surface area (Å²) in [6.45, 7) is 7.94. The summed E-state index contributed by atoms with van der Waals surface area (Å²) < 4.78 is 0.826. The quantitative estimate of drug-likeness (QED) is 0.745. The van der Waals surface area contributed by atoms with Gasteiger partial charge in [-0.25, -0.2) is 0 Å². The van der Waals surface area contributed by atoms with Gasteiger partial charge in [-0.3, -0.25) is 4.79 Å². The van der Waals surface area contributed by atoms with Crippen LogP contribution in [0.2, 0.25) is 0 Å². The Morgan fingerprint density at radius 1 is 1.15 bits per heavy atom. The maximum atomic E-state index is 12.7. The first-order valence-corrected chi connectivity index (χ1v) is 10.9. The van der Waals surface area contributed by atoms with Gasteiger partial charge in [0, 0.05) is 18.8 Å². The fourth-order valence-corrected chi connectivity index (χ4v) is 5.00. The summed E-state index contributed by atoms with van der Waals surface area (Å²) in [5, 5.41) is 12.4. The van der Waals surface area contributed by atoms with Gasteiger partial charge in [0.05, 0.1) is 5.25 Å². The van der Waals surface area contributed by atoms with E-state index in [0.29, 0.717) is 0 Å². The van der Waals surface area contributed by atoms with Crippen LogP contribution in [0.3, 0.4) is 0 Å². The molecule has 2 heterocycles. The van der Waals surface area contributed by atoms with Crippen LogP contribution in [0.5, 0.6) is 0 Å². The zero-order valence-corrected chi connectivity index (χ0v) is 17.3. The van der Waals surface area contributed by atoms with Crippen molar-refractivity contribution in [2.24, 2.45) is 0 Å². The molecular weight excluding hydrogens is 364 g/mol. The molecule has 1 N–H and O–H groups in total. The van der Waals surface area contributed by atoms with Gasteiger partial charge < -0.3 is 10.2 Å². The van der Waals surface area contributed by atoms with Crippen molar-refractivity contribution in [1.82, 2.24) is 15.1 Å². The molecule has 1 fully saturated rings. The lowest BCUT2D eigenvalue weighted by molar-refractivity contribution is -0.130. The van der Waals surface area contributed by atoms with E-state index in [9.17, 15) is 4.79 Å². The Bertz CT molecular complexity index is 754. The molecule has 1 aromatic carbocycles. The summed E-state index contributed by atoms with van der Waals surface area (Å²) >= 11 is 3.00. The SMILES string of the molecule is Cc1ccc(Nc2nnc(SC(C)C(=O)N3CCCCCC3)s2)cc1C. The van der Waals surface area contributed by atoms with Crippen molar-refractivity contribution in [1.29, 1.82) is 0 Å². The van der Waals surface area contributed by atoms with E-state index < -0.39 is 0 Å². The number of anilines is 2. The highest BCUT2D eigenvalue weighted by atomic mass is 32.2. The number of amides is 1. The predicted molar refractivity (Wildman–Crippen MR) is 109 cm³/mol. The second kappa shape index (κ2) is 8.86. The summed E-state index contributed by atoms with van der Waals surface area (Å²) in [6.07, 6.45) is 4.70. The highest BCUT2D eigenvalue weighted by Crippen LogP contribution is 2.31. The van der Waals surface area contributed by atoms with E-state index in [1.807, 2.05) is 17.9 Å². The number of aryl methyl sites for hydroxylation is 2. The molecular formula is C19H26N4OS2. The molecule has 0 spiro atoms. The van der Waals surface area contributed by atoms with Gasteiger partial charge in [-0.2, -0.15) is 0 Å². The molecule has 5 nitrogen and oxygen atoms in total. The molecule has 0 bridgehead atoms. The minimum absolute atomic E-state index is 0.129. The predicted octanol–water partition coefficient (Wildman–Crippen LogP) is 4.78. The van der Waals surface area contributed by atoms with Gasteiger partial charge in [-0.05, 0) is 56.9 Å². The van der Waals surface area contributed by atoms with Crippen molar-refractivity contribution in [2.45, 2.75) is 56.0 Å². The van der Waals surface area contributed by atoms with Gasteiger partial charge >= 0.3 is 0 Å². The summed E-state index contributed by atoms with van der Waals surface area (Å²) in [6, 6.07) is 6.24. The fourth-order valence-electron chi connectivity index (χ4n) is 3.00. The lowest BCUT2D eigenvalue weighted by Crippen LogP contribution is -2.37. The van der Waals surface area contributed by atoms with E-state index in [4.69, 9.17) is 0 Å². The Kier molecular flexibility index (Phi) is 6.53. The van der Waals surface area contributed by atoms with E-state index in [1.54, 1.807) is 0 Å². The third-order valence-corrected chi connectivity index (χ3v) is 6.72. The van der Waals surface area contributed by atoms with E-state index in [2.05, 4.69) is 41.5 Å². The summed E-state index contributed by atoms with van der Waals surface area (Å²) in [7, 11) is 0. The lowest BCUT2D eigenvalue weighted by Gasteiger charge is -2.23. The molecule has 1 aromatic heterocycles. The molecule has 2 aromatic rings. The van der Waals surface area contributed by atoms with Crippen LogP contribution in [-0.2, 0) is 4.79 Å². The Balaban J connectivity index is 1.58. The third kappa shape index (κ3) is 4.98. The molecule has 3 rings (SSSR count). The number of likely N-dealkylation sites (tertiary alicyclic amines) is 1. The monoisotopic (exact) mass is 390 g/mol. The van der Waals surface area contributed by atoms with Crippen molar-refractivity contribution in [3.8, 4) is 0 Å². The van der Waals surface area contributed by atoms with E-state index in [0.717, 1.165) is 41.1 Å². The number of aromatic nitrogens is 2. The smallest absolute Gasteiger partial charge is 0.235 e. The molecule has 1 unspecified atom stereocenters. The van der Waals surface area contributed by atoms with Crippen LogP contribution in [0.1, 0.15) is 43.7 Å². The number of carbonyl (C=O) groups is 1. The van der Waals surface area contributed by atoms with Gasteiger partial charge in [0.2, 0.25) is 11.0 Å². The maximum absolute atomic E-state index is 12.7. The molecule has 0 radical (unpaired) electrons. The van der Waals surface area contributed by atoms with E-state index >= 15 is 0 Å². The van der Waals surface area contributed by atoms with E-state index in [-0.39, 0.29) is 11.2 Å². The molecule has 140 valence electrons. The van der Waals surface area contributed by atoms with Crippen molar-refractivity contribution < 1.29 is 4.79 Å². The highest BCUT2D eigenvalue weighted by Gasteiger charge is 2.23. The average Bonchev–Trinajstić information content (AvgIpc) is 2.88. The Morgan fingerprint density at radius 3 is 2.58 bits per heavy atom. The number of nitrogens with zero attached hydrogens (tertiary/aromatic N) is 3. The zero-order chi connectivity index (χ0) is 18.5. The average molecular weight is 391 g/mol. The first-order valence-electron chi connectivity index (χ1n) is 9.16. The normalized spacial score (nSPS) is 16.2. The molecule has 1 aliphatic rings. The van der Waals surface area contributed by atoms with E-state index in [1.165, 1.54) is 47.1 Å². The molecule has 1 saturated heterocycles. The Labute approximate surface area is 163 Å². The summed E-state index contributed by atoms with van der Waals surface area (Å²) in [5.41, 5.74) is 3.52. The van der Waals surface area contributed by atoms with Gasteiger partial charge in [0.1, 0.15) is 0 Å². The molecule has 7 heteroatoms. The van der Waals surface area contributed by atoms with Crippen molar-refractivity contribution in [3.05, 3.63) is 29.3 Å². The minimum atomic E-state index is -0.129. The number of hydrogen-bond acceptors (Lipinski definition) is 6. The van der Waals surface area contributed by atoms with Crippen LogP contribution >= 0.6 is 23.1 Å². The zero-order valence-electron chi connectivity index (χ0n) is 15.6. The minimum Gasteiger partial charge on any atom is -0.342 e. The number of carbonyl (C=O) groups excluding carboxylic acids is 1. The molecule has 0 saturated carbocycles. The number of nitrogens with one attached hydrogen (secondary N) is 1. The standard InChI is InChI=1S/C19H26N4OS2/c1-13-8-9-16(12-14(13)2)20-18-21-22-19(26-18)25-15(3)17(24)23-10-6-4-5-7-11-23/h8-9,12,15H,4-7,10-11H2,1-3H3,(H,20,21). The second-order valence-electron chi connectivity index (χ2n) is 6.80. The van der Waals surface area contributed by atoms with Crippen LogP contribution in [0.4, 0.5) is 10.8 Å². The highest BCUT2D eigenvalue weighted by molar-refractivity contribution is 8.02. The molecule has 1 atom stereocenters. The van der Waals surface area contributed by atoms with Crippen LogP contribution < -0.4 is 5.32 Å². The Hall–Kier alpha value is -1.60. The fraction of sp³-hybridized carbons (Fsp3) is 0.526. The molecule has 0 aliphatic carbocycles. The van der Waals surface area contributed by atoms with Crippen molar-refractivity contribution in [3.63, 3.8) is 0 Å². The van der Waals surface area contributed by atoms with Gasteiger partial charge in [-0.1, -0.05) is 42.0 Å². The van der Waals surface area contributed by atoms with Gasteiger partial charge in [0.25, 0.3) is 0 Å². The molecule has 1 aliphatic heterocycles. The third-order valence-electron chi connectivity index (χ3n) is 4.71. The number of hydrogen-bond donors (Lipinski definition) is 1. The Morgan fingerprint density at radius 2 is 1.88 bits per heavy atom. The van der Waals surface area contributed by atoms with Crippen LogP contribution in [0.15, 0.2) is 22.5 Å². The van der Waals surface area contributed by atoms with Crippen LogP contribution in [0, 0.1) is 13.8 Å². The van der Waals surface area contributed by atoms with Crippen LogP contribution in [0.25, 0.3) is 0 Å². The maximum Gasteiger partial charge on any atom is 0.235 e. The first-order chi connectivity index (χ1) is 12.5. The molecule has 26 heavy (non-hydrogen) atoms. The van der Waals surface area contributed by atoms with Gasteiger partial charge in [0.15, 0.2) is 4.34 Å². The summed E-state index contributed by atoms with van der Waals surface area (Å²) in [5.74, 6) is 0.218.